The normalized spacial score (nSPS) is 30.2. The Kier molecular flexibility index (Phi) is 9.10. The zero-order valence-corrected chi connectivity index (χ0v) is 27.1. The molecule has 4 aliphatic rings. The van der Waals surface area contributed by atoms with Crippen molar-refractivity contribution < 1.29 is 29.4 Å². The summed E-state index contributed by atoms with van der Waals surface area (Å²) in [5.74, 6) is -1.26. The summed E-state index contributed by atoms with van der Waals surface area (Å²) in [5.41, 5.74) is 13.5. The molecular weight excluding hydrogens is 594 g/mol. The van der Waals surface area contributed by atoms with Gasteiger partial charge in [-0.3, -0.25) is 19.2 Å². The SMILES string of the molecule is C=CC1=C(C)[C@@H](Cc2[nH]c(CC3=C(CCC(=O)O)C(C)[C@](N)(/C=C4\NC(=O)[C@H](C)[C@H]4[C@@H]4C[SH+]4)N3)c(CCC(=O)O)c2C)NC1=O. The zero-order chi connectivity index (χ0) is 32.8. The van der Waals surface area contributed by atoms with Crippen molar-refractivity contribution in [1.29, 1.82) is 0 Å². The number of nitrogens with one attached hydrogen (secondary N) is 4. The molecule has 1 aromatic heterocycles. The predicted octanol–water partition coefficient (Wildman–Crippen LogP) is 1.90. The van der Waals surface area contributed by atoms with E-state index in [1.807, 2.05) is 33.8 Å². The summed E-state index contributed by atoms with van der Waals surface area (Å²) >= 11 is 1.33. The second-order valence-electron chi connectivity index (χ2n) is 12.8. The summed E-state index contributed by atoms with van der Waals surface area (Å²) in [4.78, 5) is 51.8. The van der Waals surface area contributed by atoms with Crippen LogP contribution in [0, 0.1) is 24.7 Å². The van der Waals surface area contributed by atoms with Crippen LogP contribution in [0.2, 0.25) is 0 Å². The second kappa shape index (κ2) is 12.6. The minimum Gasteiger partial charge on any atom is -0.481 e. The van der Waals surface area contributed by atoms with Crippen LogP contribution < -0.4 is 21.7 Å². The molecule has 11 nitrogen and oxygen atoms in total. The van der Waals surface area contributed by atoms with Gasteiger partial charge in [-0.1, -0.05) is 26.5 Å². The predicted molar refractivity (Wildman–Crippen MR) is 173 cm³/mol. The largest absolute Gasteiger partial charge is 0.481 e. The Labute approximate surface area is 267 Å². The van der Waals surface area contributed by atoms with Gasteiger partial charge in [0.25, 0.3) is 5.91 Å². The lowest BCUT2D eigenvalue weighted by Crippen LogP contribution is -2.53. The molecule has 2 fully saturated rings. The minimum absolute atomic E-state index is 0.0110. The van der Waals surface area contributed by atoms with Crippen LogP contribution in [0.1, 0.15) is 62.5 Å². The van der Waals surface area contributed by atoms with Crippen molar-refractivity contribution in [2.24, 2.45) is 23.5 Å². The Bertz CT molecular complexity index is 1550. The average molecular weight is 639 g/mol. The first-order valence-electron chi connectivity index (χ1n) is 15.5. The summed E-state index contributed by atoms with van der Waals surface area (Å²) in [5, 5.41) is 29.0. The second-order valence-corrected chi connectivity index (χ2v) is 14.2. The van der Waals surface area contributed by atoms with Crippen molar-refractivity contribution in [3.05, 3.63) is 69.4 Å². The summed E-state index contributed by atoms with van der Waals surface area (Å²) in [6, 6.07) is -0.218. The fraction of sp³-hybridized carbons (Fsp3) is 0.515. The summed E-state index contributed by atoms with van der Waals surface area (Å²) in [6.07, 6.45) is 4.86. The number of aromatic amines is 1. The van der Waals surface area contributed by atoms with Gasteiger partial charge >= 0.3 is 11.9 Å². The number of nitrogens with two attached hydrogens (primary N) is 1. The smallest absolute Gasteiger partial charge is 0.303 e. The van der Waals surface area contributed by atoms with Gasteiger partial charge in [-0.05, 0) is 66.8 Å². The quantitative estimate of drug-likeness (QED) is 0.0970. The van der Waals surface area contributed by atoms with E-state index >= 15 is 0 Å². The zero-order valence-electron chi connectivity index (χ0n) is 26.3. The number of carbonyl (C=O) groups excluding carboxylic acids is 2. The first kappa shape index (κ1) is 32.6. The molecule has 5 rings (SSSR count). The molecule has 1 unspecified atom stereocenters. The van der Waals surface area contributed by atoms with E-state index in [9.17, 15) is 29.4 Å². The van der Waals surface area contributed by atoms with Gasteiger partial charge in [0.2, 0.25) is 5.91 Å². The Hall–Kier alpha value is -3.77. The van der Waals surface area contributed by atoms with E-state index in [1.165, 1.54) is 11.8 Å². The van der Waals surface area contributed by atoms with Gasteiger partial charge in [0.1, 0.15) is 5.66 Å². The van der Waals surface area contributed by atoms with Crippen molar-refractivity contribution in [2.75, 3.05) is 5.75 Å². The van der Waals surface area contributed by atoms with Crippen molar-refractivity contribution in [3.63, 3.8) is 0 Å². The van der Waals surface area contributed by atoms with E-state index in [0.717, 1.165) is 50.8 Å². The number of carboxylic acid groups (broad SMARTS) is 2. The number of rotatable bonds is 13. The maximum absolute atomic E-state index is 12.6. The number of H-pyrrole nitrogens is 1. The van der Waals surface area contributed by atoms with Gasteiger partial charge in [-0.25, -0.2) is 0 Å². The molecule has 8 N–H and O–H groups in total. The van der Waals surface area contributed by atoms with Crippen LogP contribution >= 0.6 is 0 Å². The molecule has 0 aromatic carbocycles. The third kappa shape index (κ3) is 6.48. The van der Waals surface area contributed by atoms with E-state index < -0.39 is 17.6 Å². The van der Waals surface area contributed by atoms with Crippen LogP contribution in [-0.4, -0.2) is 61.7 Å². The van der Waals surface area contributed by atoms with Crippen molar-refractivity contribution >= 4 is 35.5 Å². The first-order valence-corrected chi connectivity index (χ1v) is 16.6. The first-order chi connectivity index (χ1) is 21.2. The molecule has 4 aliphatic heterocycles. The van der Waals surface area contributed by atoms with Crippen LogP contribution in [0.25, 0.3) is 0 Å². The fourth-order valence-electron chi connectivity index (χ4n) is 7.15. The van der Waals surface area contributed by atoms with E-state index in [-0.39, 0.29) is 48.5 Å². The highest BCUT2D eigenvalue weighted by Crippen LogP contribution is 2.41. The van der Waals surface area contributed by atoms with E-state index in [4.69, 9.17) is 5.73 Å². The molecule has 2 amide bonds. The van der Waals surface area contributed by atoms with Crippen LogP contribution in [0.5, 0.6) is 0 Å². The molecule has 0 bridgehead atoms. The van der Waals surface area contributed by atoms with E-state index in [1.54, 1.807) is 6.08 Å². The number of amides is 2. The highest BCUT2D eigenvalue weighted by molar-refractivity contribution is 7.86. The molecule has 2 saturated heterocycles. The van der Waals surface area contributed by atoms with Crippen molar-refractivity contribution in [1.82, 2.24) is 20.9 Å². The molecule has 5 heterocycles. The maximum Gasteiger partial charge on any atom is 0.303 e. The summed E-state index contributed by atoms with van der Waals surface area (Å²) in [6.45, 7) is 11.5. The highest BCUT2D eigenvalue weighted by atomic mass is 32.2. The van der Waals surface area contributed by atoms with E-state index in [2.05, 4.69) is 27.5 Å². The van der Waals surface area contributed by atoms with Crippen LogP contribution in [0.15, 0.2) is 46.8 Å². The van der Waals surface area contributed by atoms with E-state index in [0.29, 0.717) is 36.5 Å². The molecule has 0 aliphatic carbocycles. The van der Waals surface area contributed by atoms with Crippen molar-refractivity contribution in [3.8, 4) is 0 Å². The van der Waals surface area contributed by atoms with Crippen molar-refractivity contribution in [2.45, 2.75) is 83.2 Å². The van der Waals surface area contributed by atoms with Gasteiger partial charge in [-0.15, -0.1) is 0 Å². The van der Waals surface area contributed by atoms with Crippen LogP contribution in [-0.2, 0) is 50.2 Å². The lowest BCUT2D eigenvalue weighted by Gasteiger charge is -2.30. The number of aromatic nitrogens is 1. The van der Waals surface area contributed by atoms with Gasteiger partial charge < -0.3 is 36.9 Å². The van der Waals surface area contributed by atoms with Gasteiger partial charge in [-0.2, -0.15) is 0 Å². The average Bonchev–Trinajstić information content (AvgIpc) is 3.57. The summed E-state index contributed by atoms with van der Waals surface area (Å²) < 4.78 is 0. The Balaban J connectivity index is 1.48. The molecule has 0 spiro atoms. The number of carbonyl (C=O) groups is 4. The number of hydrogen-bond acceptors (Lipinski definition) is 6. The molecule has 12 heteroatoms. The number of thiol groups is 1. The van der Waals surface area contributed by atoms with Gasteiger partial charge in [0.15, 0.2) is 11.0 Å². The molecule has 0 radical (unpaired) electrons. The lowest BCUT2D eigenvalue weighted by molar-refractivity contribution is -0.138. The lowest BCUT2D eigenvalue weighted by atomic mass is 9.85. The number of hydrogen-bond donors (Lipinski definition) is 7. The third-order valence-electron chi connectivity index (χ3n) is 10.0. The Morgan fingerprint density at radius 1 is 1.11 bits per heavy atom. The molecule has 0 saturated carbocycles. The van der Waals surface area contributed by atoms with Crippen LogP contribution in [0.4, 0.5) is 0 Å². The Morgan fingerprint density at radius 2 is 1.78 bits per heavy atom. The highest BCUT2D eigenvalue weighted by Gasteiger charge is 2.53. The molecular formula is C33H44N5O6S+. The van der Waals surface area contributed by atoms with Crippen LogP contribution in [0.3, 0.4) is 0 Å². The molecule has 6 atom stereocenters. The minimum atomic E-state index is -1.05. The van der Waals surface area contributed by atoms with Gasteiger partial charge in [0.05, 0.1) is 12.0 Å². The molecule has 45 heavy (non-hydrogen) atoms. The fourth-order valence-corrected chi connectivity index (χ4v) is 8.15. The van der Waals surface area contributed by atoms with Gasteiger partial charge in [0, 0.05) is 65.9 Å². The maximum atomic E-state index is 12.6. The molecule has 242 valence electrons. The standard InChI is InChI=1S/C33H43N5O6S/c1-6-19-15(2)23(36-32(19)44)11-22-16(3)20(7-9-28(39)40)24(35-22)12-25-21(8-10-29(41)42)18(5)33(34,38-25)13-26-30(27-14-45-27)17(4)31(43)37-26/h6,13,17-18,23,27,30,35,38H,1,7-12,14,34H2,2-5H3,(H,36,44)(H,37,43)(H,39,40)(H,41,42)/p+1/b26-13-/t17-,18?,23-,27+,30-,33+/m1/s1. The number of aliphatic carboxylic acids is 2. The molecule has 1 aromatic rings. The Morgan fingerprint density at radius 3 is 2.38 bits per heavy atom. The number of allylic oxidation sites excluding steroid dienone is 2. The number of carboxylic acids is 2. The topological polar surface area (TPSA) is 187 Å². The summed E-state index contributed by atoms with van der Waals surface area (Å²) in [7, 11) is 0. The monoisotopic (exact) mass is 638 g/mol. The third-order valence-corrected chi connectivity index (χ3v) is 11.1.